The monoisotopic (exact) mass is 292 g/mol. The van der Waals surface area contributed by atoms with Crippen LogP contribution in [0.4, 0.5) is 5.69 Å². The van der Waals surface area contributed by atoms with Crippen LogP contribution in [-0.4, -0.2) is 34.9 Å². The molecule has 0 aliphatic carbocycles. The standard InChI is InChI=1S/C16H24N2O3/c1-3-5-11-18(12-6-4-2)16(21)15(20)17-13-7-9-14(19)10-8-13/h7-10,19H,3-6,11-12H2,1-2H3,(H,17,20). The lowest BCUT2D eigenvalue weighted by atomic mass is 10.2. The molecule has 0 heterocycles. The molecule has 0 fully saturated rings. The molecule has 0 bridgehead atoms. The van der Waals surface area contributed by atoms with Gasteiger partial charge in [-0.15, -0.1) is 0 Å². The summed E-state index contributed by atoms with van der Waals surface area (Å²) in [6.45, 7) is 5.33. The molecular weight excluding hydrogens is 268 g/mol. The molecule has 0 atom stereocenters. The van der Waals surface area contributed by atoms with Crippen molar-refractivity contribution in [3.8, 4) is 5.75 Å². The van der Waals surface area contributed by atoms with Crippen molar-refractivity contribution in [2.75, 3.05) is 18.4 Å². The molecule has 1 aromatic rings. The van der Waals surface area contributed by atoms with Crippen LogP contribution in [0, 0.1) is 0 Å². The molecule has 5 nitrogen and oxygen atoms in total. The van der Waals surface area contributed by atoms with Crippen molar-refractivity contribution in [3.63, 3.8) is 0 Å². The second kappa shape index (κ2) is 9.00. The topological polar surface area (TPSA) is 69.6 Å². The minimum absolute atomic E-state index is 0.117. The third-order valence-corrected chi connectivity index (χ3v) is 3.17. The van der Waals surface area contributed by atoms with Gasteiger partial charge in [-0.05, 0) is 37.1 Å². The molecule has 0 radical (unpaired) electrons. The Kier molecular flexibility index (Phi) is 7.29. The van der Waals surface area contributed by atoms with E-state index < -0.39 is 11.8 Å². The van der Waals surface area contributed by atoms with Gasteiger partial charge in [-0.1, -0.05) is 26.7 Å². The van der Waals surface area contributed by atoms with Crippen LogP contribution in [-0.2, 0) is 9.59 Å². The fraction of sp³-hybridized carbons (Fsp3) is 0.500. The van der Waals surface area contributed by atoms with Gasteiger partial charge in [-0.2, -0.15) is 0 Å². The molecule has 21 heavy (non-hydrogen) atoms. The molecule has 0 unspecified atom stereocenters. The summed E-state index contributed by atoms with van der Waals surface area (Å²) in [5, 5.41) is 11.8. The van der Waals surface area contributed by atoms with Gasteiger partial charge in [-0.25, -0.2) is 0 Å². The quantitative estimate of drug-likeness (QED) is 0.599. The fourth-order valence-electron chi connectivity index (χ4n) is 1.89. The Morgan fingerprint density at radius 3 is 2.05 bits per heavy atom. The zero-order valence-electron chi connectivity index (χ0n) is 12.8. The van der Waals surface area contributed by atoms with E-state index in [0.717, 1.165) is 25.7 Å². The van der Waals surface area contributed by atoms with Gasteiger partial charge in [0.05, 0.1) is 0 Å². The number of aromatic hydroxyl groups is 1. The second-order valence-electron chi connectivity index (χ2n) is 5.00. The highest BCUT2D eigenvalue weighted by atomic mass is 16.3. The van der Waals surface area contributed by atoms with Crippen LogP contribution in [0.2, 0.25) is 0 Å². The van der Waals surface area contributed by atoms with Gasteiger partial charge in [0.15, 0.2) is 0 Å². The number of phenols is 1. The number of amides is 2. The van der Waals surface area contributed by atoms with Crippen LogP contribution in [0.15, 0.2) is 24.3 Å². The summed E-state index contributed by atoms with van der Waals surface area (Å²) in [6.07, 6.45) is 3.74. The minimum Gasteiger partial charge on any atom is -0.508 e. The molecule has 0 saturated heterocycles. The lowest BCUT2D eigenvalue weighted by Crippen LogP contribution is -2.40. The Morgan fingerprint density at radius 1 is 1.05 bits per heavy atom. The first kappa shape index (κ1) is 17.0. The van der Waals surface area contributed by atoms with E-state index in [0.29, 0.717) is 18.8 Å². The Balaban J connectivity index is 2.63. The molecule has 1 aromatic carbocycles. The third-order valence-electron chi connectivity index (χ3n) is 3.17. The lowest BCUT2D eigenvalue weighted by Gasteiger charge is -2.21. The summed E-state index contributed by atoms with van der Waals surface area (Å²) in [5.41, 5.74) is 0.497. The van der Waals surface area contributed by atoms with Gasteiger partial charge in [0, 0.05) is 18.8 Å². The van der Waals surface area contributed by atoms with E-state index in [1.54, 1.807) is 17.0 Å². The lowest BCUT2D eigenvalue weighted by molar-refractivity contribution is -0.143. The summed E-state index contributed by atoms with van der Waals surface area (Å²) in [4.78, 5) is 25.8. The largest absolute Gasteiger partial charge is 0.508 e. The molecular formula is C16H24N2O3. The molecule has 0 saturated carbocycles. The zero-order chi connectivity index (χ0) is 15.7. The van der Waals surface area contributed by atoms with Crippen molar-refractivity contribution in [2.45, 2.75) is 39.5 Å². The van der Waals surface area contributed by atoms with Crippen LogP contribution in [0.5, 0.6) is 5.75 Å². The molecule has 0 aliphatic rings. The average Bonchev–Trinajstić information content (AvgIpc) is 2.49. The van der Waals surface area contributed by atoms with Crippen molar-refractivity contribution in [1.82, 2.24) is 4.90 Å². The van der Waals surface area contributed by atoms with Crippen molar-refractivity contribution >= 4 is 17.5 Å². The Morgan fingerprint density at radius 2 is 1.57 bits per heavy atom. The van der Waals surface area contributed by atoms with E-state index >= 15 is 0 Å². The number of rotatable bonds is 7. The average molecular weight is 292 g/mol. The van der Waals surface area contributed by atoms with Crippen molar-refractivity contribution in [1.29, 1.82) is 0 Å². The number of carbonyl (C=O) groups excluding carboxylic acids is 2. The van der Waals surface area contributed by atoms with Crippen LogP contribution in [0.25, 0.3) is 0 Å². The fourth-order valence-corrected chi connectivity index (χ4v) is 1.89. The normalized spacial score (nSPS) is 10.2. The van der Waals surface area contributed by atoms with Gasteiger partial charge in [0.1, 0.15) is 5.75 Å². The summed E-state index contributed by atoms with van der Waals surface area (Å²) in [5.74, 6) is -1.01. The van der Waals surface area contributed by atoms with E-state index in [1.807, 2.05) is 0 Å². The Labute approximate surface area is 126 Å². The minimum atomic E-state index is -0.632. The molecule has 2 amide bonds. The molecule has 116 valence electrons. The number of nitrogens with zero attached hydrogens (tertiary/aromatic N) is 1. The smallest absolute Gasteiger partial charge is 0.313 e. The SMILES string of the molecule is CCCCN(CCCC)C(=O)C(=O)Nc1ccc(O)cc1. The molecule has 1 rings (SSSR count). The summed E-state index contributed by atoms with van der Waals surface area (Å²) >= 11 is 0. The number of hydrogen-bond acceptors (Lipinski definition) is 3. The van der Waals surface area contributed by atoms with Gasteiger partial charge in [0.25, 0.3) is 0 Å². The van der Waals surface area contributed by atoms with Crippen LogP contribution in [0.1, 0.15) is 39.5 Å². The van der Waals surface area contributed by atoms with Crippen LogP contribution in [0.3, 0.4) is 0 Å². The maximum Gasteiger partial charge on any atom is 0.313 e. The Bertz CT molecular complexity index is 449. The molecule has 0 aliphatic heterocycles. The number of nitrogens with one attached hydrogen (secondary N) is 1. The Hall–Kier alpha value is -2.04. The number of anilines is 1. The van der Waals surface area contributed by atoms with Gasteiger partial charge < -0.3 is 15.3 Å². The van der Waals surface area contributed by atoms with E-state index in [-0.39, 0.29) is 5.75 Å². The molecule has 0 spiro atoms. The summed E-state index contributed by atoms with van der Waals surface area (Å²) in [7, 11) is 0. The second-order valence-corrected chi connectivity index (χ2v) is 5.00. The summed E-state index contributed by atoms with van der Waals surface area (Å²) < 4.78 is 0. The highest BCUT2D eigenvalue weighted by Crippen LogP contribution is 2.13. The number of unbranched alkanes of at least 4 members (excludes halogenated alkanes) is 2. The van der Waals surface area contributed by atoms with Gasteiger partial charge in [-0.3, -0.25) is 9.59 Å². The number of phenolic OH excluding ortho intramolecular Hbond substituents is 1. The van der Waals surface area contributed by atoms with E-state index in [9.17, 15) is 14.7 Å². The predicted molar refractivity (Wildman–Crippen MR) is 83.1 cm³/mol. The zero-order valence-corrected chi connectivity index (χ0v) is 12.8. The highest BCUT2D eigenvalue weighted by Gasteiger charge is 2.21. The molecule has 5 heteroatoms. The first-order valence-electron chi connectivity index (χ1n) is 7.47. The molecule has 0 aromatic heterocycles. The third kappa shape index (κ3) is 5.85. The highest BCUT2D eigenvalue weighted by molar-refractivity contribution is 6.39. The first-order valence-corrected chi connectivity index (χ1v) is 7.47. The van der Waals surface area contributed by atoms with Crippen LogP contribution < -0.4 is 5.32 Å². The van der Waals surface area contributed by atoms with Crippen molar-refractivity contribution in [3.05, 3.63) is 24.3 Å². The van der Waals surface area contributed by atoms with Crippen molar-refractivity contribution < 1.29 is 14.7 Å². The first-order chi connectivity index (χ1) is 10.1. The molecule has 2 N–H and O–H groups in total. The summed E-state index contributed by atoms with van der Waals surface area (Å²) in [6, 6.07) is 6.05. The van der Waals surface area contributed by atoms with E-state index in [4.69, 9.17) is 0 Å². The van der Waals surface area contributed by atoms with Crippen LogP contribution >= 0.6 is 0 Å². The van der Waals surface area contributed by atoms with E-state index in [1.165, 1.54) is 12.1 Å². The number of carbonyl (C=O) groups is 2. The number of benzene rings is 1. The van der Waals surface area contributed by atoms with E-state index in [2.05, 4.69) is 19.2 Å². The van der Waals surface area contributed by atoms with Gasteiger partial charge in [0.2, 0.25) is 0 Å². The predicted octanol–water partition coefficient (Wildman–Crippen LogP) is 2.76. The maximum atomic E-state index is 12.2. The maximum absolute atomic E-state index is 12.2. The van der Waals surface area contributed by atoms with Crippen molar-refractivity contribution in [2.24, 2.45) is 0 Å². The number of hydrogen-bond donors (Lipinski definition) is 2. The van der Waals surface area contributed by atoms with Gasteiger partial charge >= 0.3 is 11.8 Å².